The van der Waals surface area contributed by atoms with Crippen molar-refractivity contribution in [2.45, 2.75) is 20.3 Å². The van der Waals surface area contributed by atoms with Gasteiger partial charge in [-0.15, -0.1) is 0 Å². The molecule has 10 heavy (non-hydrogen) atoms. The molecule has 0 N–H and O–H groups in total. The van der Waals surface area contributed by atoms with Crippen LogP contribution in [0, 0.1) is 5.92 Å². The average Bonchev–Trinajstić information content (AvgIpc) is 1.89. The Balaban J connectivity index is 3.49. The standard InChI is InChI=1S/C7H13BrO2/c1-3-10-7(9)6(2)4-5-8/h6H,3-5H2,1-2H3/t6-/m1/s1. The molecule has 60 valence electrons. The third-order valence-electron chi connectivity index (χ3n) is 1.23. The molecule has 2 nitrogen and oxygen atoms in total. The molecule has 0 saturated heterocycles. The maximum atomic E-state index is 10.9. The Labute approximate surface area is 70.1 Å². The van der Waals surface area contributed by atoms with E-state index in [1.54, 1.807) is 0 Å². The second-order valence-electron chi connectivity index (χ2n) is 2.13. The van der Waals surface area contributed by atoms with Crippen LogP contribution >= 0.6 is 15.9 Å². The van der Waals surface area contributed by atoms with Crippen molar-refractivity contribution in [1.82, 2.24) is 0 Å². The predicted octanol–water partition coefficient (Wildman–Crippen LogP) is 1.97. The summed E-state index contributed by atoms with van der Waals surface area (Å²) >= 11 is 3.26. The Kier molecular flexibility index (Phi) is 5.69. The van der Waals surface area contributed by atoms with E-state index in [4.69, 9.17) is 4.74 Å². The van der Waals surface area contributed by atoms with E-state index in [9.17, 15) is 4.79 Å². The summed E-state index contributed by atoms with van der Waals surface area (Å²) in [6, 6.07) is 0. The van der Waals surface area contributed by atoms with Crippen LogP contribution in [0.25, 0.3) is 0 Å². The van der Waals surface area contributed by atoms with Crippen LogP contribution in [0.4, 0.5) is 0 Å². The zero-order chi connectivity index (χ0) is 7.98. The van der Waals surface area contributed by atoms with Crippen LogP contribution in [-0.2, 0) is 9.53 Å². The monoisotopic (exact) mass is 208 g/mol. The van der Waals surface area contributed by atoms with Crippen LogP contribution in [0.2, 0.25) is 0 Å². The third kappa shape index (κ3) is 3.88. The van der Waals surface area contributed by atoms with E-state index in [1.165, 1.54) is 0 Å². The van der Waals surface area contributed by atoms with Gasteiger partial charge in [-0.2, -0.15) is 0 Å². The highest BCUT2D eigenvalue weighted by atomic mass is 79.9. The van der Waals surface area contributed by atoms with Gasteiger partial charge < -0.3 is 4.74 Å². The molecule has 3 heteroatoms. The molecule has 0 aliphatic carbocycles. The van der Waals surface area contributed by atoms with Crippen LogP contribution in [0.1, 0.15) is 20.3 Å². The van der Waals surface area contributed by atoms with Gasteiger partial charge in [-0.1, -0.05) is 22.9 Å². The second-order valence-corrected chi connectivity index (χ2v) is 2.92. The lowest BCUT2D eigenvalue weighted by molar-refractivity contribution is -0.147. The summed E-state index contributed by atoms with van der Waals surface area (Å²) in [5, 5.41) is 0.854. The highest BCUT2D eigenvalue weighted by molar-refractivity contribution is 9.09. The number of carbonyl (C=O) groups excluding carboxylic acids is 1. The predicted molar refractivity (Wildman–Crippen MR) is 44.2 cm³/mol. The van der Waals surface area contributed by atoms with E-state index in [0.717, 1.165) is 11.8 Å². The number of ether oxygens (including phenoxy) is 1. The summed E-state index contributed by atoms with van der Waals surface area (Å²) in [5.74, 6) is -0.0683. The Morgan fingerprint density at radius 3 is 2.70 bits per heavy atom. The molecular formula is C7H13BrO2. The minimum absolute atomic E-state index is 0.0272. The molecule has 0 saturated carbocycles. The summed E-state index contributed by atoms with van der Waals surface area (Å²) in [4.78, 5) is 10.9. The maximum Gasteiger partial charge on any atom is 0.308 e. The van der Waals surface area contributed by atoms with Crippen LogP contribution < -0.4 is 0 Å². The van der Waals surface area contributed by atoms with Crippen molar-refractivity contribution in [3.8, 4) is 0 Å². The highest BCUT2D eigenvalue weighted by Gasteiger charge is 2.11. The average molecular weight is 209 g/mol. The van der Waals surface area contributed by atoms with Crippen molar-refractivity contribution in [3.05, 3.63) is 0 Å². The molecule has 0 aliphatic heterocycles. The van der Waals surface area contributed by atoms with Crippen LogP contribution in [0.5, 0.6) is 0 Å². The molecule has 0 rings (SSSR count). The van der Waals surface area contributed by atoms with Crippen molar-refractivity contribution in [1.29, 1.82) is 0 Å². The first-order valence-electron chi connectivity index (χ1n) is 3.45. The zero-order valence-corrected chi connectivity index (χ0v) is 7.98. The summed E-state index contributed by atoms with van der Waals surface area (Å²) in [5.41, 5.74) is 0. The van der Waals surface area contributed by atoms with E-state index >= 15 is 0 Å². The molecule has 1 atom stereocenters. The summed E-state index contributed by atoms with van der Waals surface area (Å²) in [6.07, 6.45) is 0.846. The van der Waals surface area contributed by atoms with Gasteiger partial charge in [0.05, 0.1) is 12.5 Å². The normalized spacial score (nSPS) is 12.7. The molecule has 0 fully saturated rings. The minimum Gasteiger partial charge on any atom is -0.466 e. The first-order chi connectivity index (χ1) is 4.72. The van der Waals surface area contributed by atoms with E-state index < -0.39 is 0 Å². The van der Waals surface area contributed by atoms with Gasteiger partial charge in [0.25, 0.3) is 0 Å². The Bertz CT molecular complexity index is 104. The fourth-order valence-corrected chi connectivity index (χ4v) is 1.25. The molecule has 0 unspecified atom stereocenters. The number of rotatable bonds is 4. The van der Waals surface area contributed by atoms with E-state index in [-0.39, 0.29) is 11.9 Å². The van der Waals surface area contributed by atoms with Gasteiger partial charge in [0.1, 0.15) is 0 Å². The van der Waals surface area contributed by atoms with Crippen LogP contribution in [0.3, 0.4) is 0 Å². The molecule has 0 aliphatic rings. The molecule has 0 radical (unpaired) electrons. The lowest BCUT2D eigenvalue weighted by Crippen LogP contribution is -2.14. The molecule has 0 aromatic rings. The van der Waals surface area contributed by atoms with Gasteiger partial charge in [-0.3, -0.25) is 4.79 Å². The van der Waals surface area contributed by atoms with Gasteiger partial charge in [0.15, 0.2) is 0 Å². The fraction of sp³-hybridized carbons (Fsp3) is 0.857. The first-order valence-corrected chi connectivity index (χ1v) is 4.57. The van der Waals surface area contributed by atoms with Gasteiger partial charge in [-0.05, 0) is 13.3 Å². The molecular weight excluding hydrogens is 196 g/mol. The van der Waals surface area contributed by atoms with E-state index in [1.807, 2.05) is 13.8 Å². The largest absolute Gasteiger partial charge is 0.466 e. The zero-order valence-electron chi connectivity index (χ0n) is 6.39. The van der Waals surface area contributed by atoms with Crippen molar-refractivity contribution < 1.29 is 9.53 Å². The molecule has 0 amide bonds. The minimum atomic E-state index is -0.0954. The Morgan fingerprint density at radius 2 is 2.30 bits per heavy atom. The molecule has 0 bridgehead atoms. The Morgan fingerprint density at radius 1 is 1.70 bits per heavy atom. The number of hydrogen-bond donors (Lipinski definition) is 0. The highest BCUT2D eigenvalue weighted by Crippen LogP contribution is 2.05. The summed E-state index contributed by atoms with van der Waals surface area (Å²) in [6.45, 7) is 4.17. The van der Waals surface area contributed by atoms with Gasteiger partial charge in [-0.25, -0.2) is 0 Å². The van der Waals surface area contributed by atoms with Crippen molar-refractivity contribution in [3.63, 3.8) is 0 Å². The molecule has 0 aromatic carbocycles. The van der Waals surface area contributed by atoms with E-state index in [2.05, 4.69) is 15.9 Å². The van der Waals surface area contributed by atoms with Crippen molar-refractivity contribution >= 4 is 21.9 Å². The maximum absolute atomic E-state index is 10.9. The number of halogens is 1. The molecule has 0 heterocycles. The number of esters is 1. The molecule has 0 spiro atoms. The lowest BCUT2D eigenvalue weighted by atomic mass is 10.1. The summed E-state index contributed by atoms with van der Waals surface area (Å²) < 4.78 is 4.80. The van der Waals surface area contributed by atoms with Gasteiger partial charge in [0.2, 0.25) is 0 Å². The van der Waals surface area contributed by atoms with Gasteiger partial charge >= 0.3 is 5.97 Å². The topological polar surface area (TPSA) is 26.3 Å². The number of carbonyl (C=O) groups is 1. The van der Waals surface area contributed by atoms with Crippen LogP contribution in [0.15, 0.2) is 0 Å². The van der Waals surface area contributed by atoms with Crippen molar-refractivity contribution in [2.24, 2.45) is 5.92 Å². The van der Waals surface area contributed by atoms with Crippen molar-refractivity contribution in [2.75, 3.05) is 11.9 Å². The SMILES string of the molecule is CCOC(=O)[C@H](C)CCBr. The molecule has 0 aromatic heterocycles. The number of alkyl halides is 1. The quantitative estimate of drug-likeness (QED) is 0.522. The smallest absolute Gasteiger partial charge is 0.308 e. The fourth-order valence-electron chi connectivity index (χ4n) is 0.566. The second kappa shape index (κ2) is 5.71. The number of hydrogen-bond acceptors (Lipinski definition) is 2. The van der Waals surface area contributed by atoms with Gasteiger partial charge in [0, 0.05) is 5.33 Å². The summed E-state index contributed by atoms with van der Waals surface area (Å²) in [7, 11) is 0. The van der Waals surface area contributed by atoms with Crippen LogP contribution in [-0.4, -0.2) is 17.9 Å². The lowest BCUT2D eigenvalue weighted by Gasteiger charge is -2.07. The third-order valence-corrected chi connectivity index (χ3v) is 1.69. The Hall–Kier alpha value is -0.0500. The van der Waals surface area contributed by atoms with E-state index in [0.29, 0.717) is 6.61 Å². The first kappa shape index (κ1) is 9.95.